The molecule has 0 saturated heterocycles. The van der Waals surface area contributed by atoms with E-state index in [9.17, 15) is 18.0 Å². The van der Waals surface area contributed by atoms with Crippen LogP contribution in [0.2, 0.25) is 0 Å². The minimum atomic E-state index is -4.60. The molecule has 2 heterocycles. The average Bonchev–Trinajstić information content (AvgIpc) is 3.14. The molecular weight excluding hydrogens is 393 g/mol. The van der Waals surface area contributed by atoms with E-state index in [0.29, 0.717) is 11.3 Å². The van der Waals surface area contributed by atoms with Crippen LogP contribution in [-0.2, 0) is 16.7 Å². The van der Waals surface area contributed by atoms with Gasteiger partial charge < -0.3 is 9.15 Å². The highest BCUT2D eigenvalue weighted by Crippen LogP contribution is 2.32. The number of methoxy groups -OCH3 is 1. The minimum Gasteiger partial charge on any atom is -0.463 e. The zero-order valence-electron chi connectivity index (χ0n) is 14.9. The largest absolute Gasteiger partial charge is 0.463 e. The van der Waals surface area contributed by atoms with E-state index in [4.69, 9.17) is 4.42 Å². The number of carbonyl (C=O) groups is 1. The number of hydrogen-bond acceptors (Lipinski definition) is 6. The highest BCUT2D eigenvalue weighted by Gasteiger charge is 2.34. The van der Waals surface area contributed by atoms with Crippen molar-refractivity contribution in [2.45, 2.75) is 24.0 Å². The van der Waals surface area contributed by atoms with Crippen LogP contribution in [0.1, 0.15) is 27.6 Å². The van der Waals surface area contributed by atoms with Gasteiger partial charge in [-0.1, -0.05) is 41.6 Å². The third-order valence-electron chi connectivity index (χ3n) is 3.74. The van der Waals surface area contributed by atoms with Crippen molar-refractivity contribution >= 4 is 17.7 Å². The van der Waals surface area contributed by atoms with Crippen molar-refractivity contribution in [3.05, 3.63) is 65.2 Å². The smallest absolute Gasteiger partial charge is 0.433 e. The first-order valence-electron chi connectivity index (χ1n) is 8.09. The summed E-state index contributed by atoms with van der Waals surface area (Å²) in [5.74, 6) is -0.0639. The van der Waals surface area contributed by atoms with Gasteiger partial charge in [0.2, 0.25) is 5.76 Å². The van der Waals surface area contributed by atoms with Crippen LogP contribution in [0, 0.1) is 6.92 Å². The molecule has 1 aromatic carbocycles. The number of rotatable bonds is 5. The molecule has 0 aliphatic heterocycles. The lowest BCUT2D eigenvalue weighted by atomic mass is 10.1. The second-order valence-electron chi connectivity index (χ2n) is 5.83. The molecule has 0 N–H and O–H groups in total. The van der Waals surface area contributed by atoms with E-state index in [1.165, 1.54) is 13.2 Å². The van der Waals surface area contributed by atoms with Gasteiger partial charge in [-0.2, -0.15) is 13.2 Å². The Hall–Kier alpha value is -2.81. The molecule has 0 bridgehead atoms. The van der Waals surface area contributed by atoms with Crippen molar-refractivity contribution in [2.24, 2.45) is 0 Å². The Morgan fingerprint density at radius 2 is 1.86 bits per heavy atom. The quantitative estimate of drug-likeness (QED) is 0.331. The zero-order valence-corrected chi connectivity index (χ0v) is 15.7. The van der Waals surface area contributed by atoms with Crippen molar-refractivity contribution in [3.63, 3.8) is 0 Å². The minimum absolute atomic E-state index is 0.0170. The number of alkyl halides is 3. The summed E-state index contributed by atoms with van der Waals surface area (Å²) in [6.45, 7) is 1.89. The summed E-state index contributed by atoms with van der Waals surface area (Å²) in [6.07, 6.45) is -4.60. The SMILES string of the molecule is COC(=O)c1ccc(CSc2nc(-c3ccc(C)cc3)cc(C(F)(F)F)n2)o1. The number of halogens is 3. The molecule has 0 radical (unpaired) electrons. The molecule has 5 nitrogen and oxygen atoms in total. The van der Waals surface area contributed by atoms with Crippen molar-refractivity contribution in [1.82, 2.24) is 9.97 Å². The van der Waals surface area contributed by atoms with Gasteiger partial charge in [0.1, 0.15) is 11.5 Å². The topological polar surface area (TPSA) is 65.2 Å². The number of benzene rings is 1. The van der Waals surface area contributed by atoms with Crippen molar-refractivity contribution in [1.29, 1.82) is 0 Å². The Balaban J connectivity index is 1.87. The van der Waals surface area contributed by atoms with Gasteiger partial charge in [-0.25, -0.2) is 14.8 Å². The summed E-state index contributed by atoms with van der Waals surface area (Å²) in [5.41, 5.74) is 0.712. The number of nitrogens with zero attached hydrogens (tertiary/aromatic N) is 2. The number of carbonyl (C=O) groups excluding carboxylic acids is 1. The lowest BCUT2D eigenvalue weighted by Crippen LogP contribution is -2.10. The Kier molecular flexibility index (Phi) is 5.73. The van der Waals surface area contributed by atoms with Gasteiger partial charge >= 0.3 is 12.1 Å². The van der Waals surface area contributed by atoms with Crippen molar-refractivity contribution in [3.8, 4) is 11.3 Å². The molecule has 2 aromatic heterocycles. The number of aryl methyl sites for hydroxylation is 1. The maximum Gasteiger partial charge on any atom is 0.433 e. The third kappa shape index (κ3) is 4.72. The predicted molar refractivity (Wildman–Crippen MR) is 96.8 cm³/mol. The van der Waals surface area contributed by atoms with Gasteiger partial charge in [-0.05, 0) is 25.1 Å². The van der Waals surface area contributed by atoms with E-state index < -0.39 is 17.8 Å². The Bertz CT molecular complexity index is 985. The molecule has 3 rings (SSSR count). The molecule has 0 saturated carbocycles. The normalized spacial score (nSPS) is 11.5. The first-order chi connectivity index (χ1) is 13.3. The highest BCUT2D eigenvalue weighted by atomic mass is 32.2. The van der Waals surface area contributed by atoms with Gasteiger partial charge in [0, 0.05) is 5.56 Å². The van der Waals surface area contributed by atoms with Gasteiger partial charge in [0.15, 0.2) is 5.16 Å². The number of thioether (sulfide) groups is 1. The molecule has 0 aliphatic carbocycles. The van der Waals surface area contributed by atoms with Crippen LogP contribution >= 0.6 is 11.8 Å². The van der Waals surface area contributed by atoms with Crippen LogP contribution in [0.3, 0.4) is 0 Å². The Morgan fingerprint density at radius 3 is 2.50 bits per heavy atom. The van der Waals surface area contributed by atoms with Crippen LogP contribution in [-0.4, -0.2) is 23.0 Å². The van der Waals surface area contributed by atoms with Crippen molar-refractivity contribution < 1.29 is 27.1 Å². The van der Waals surface area contributed by atoms with Gasteiger partial charge in [-0.15, -0.1) is 0 Å². The molecule has 0 atom stereocenters. The first-order valence-corrected chi connectivity index (χ1v) is 9.08. The number of esters is 1. The molecule has 0 unspecified atom stereocenters. The Labute approximate surface area is 162 Å². The monoisotopic (exact) mass is 408 g/mol. The molecule has 146 valence electrons. The zero-order chi connectivity index (χ0) is 20.3. The number of hydrogen-bond donors (Lipinski definition) is 0. The van der Waals surface area contributed by atoms with Crippen LogP contribution in [0.4, 0.5) is 13.2 Å². The lowest BCUT2D eigenvalue weighted by molar-refractivity contribution is -0.141. The molecule has 0 aliphatic rings. The Morgan fingerprint density at radius 1 is 1.14 bits per heavy atom. The fourth-order valence-electron chi connectivity index (χ4n) is 2.31. The molecule has 0 fully saturated rings. The first kappa shape index (κ1) is 19.9. The van der Waals surface area contributed by atoms with E-state index in [0.717, 1.165) is 23.4 Å². The van der Waals surface area contributed by atoms with Gasteiger partial charge in [-0.3, -0.25) is 0 Å². The van der Waals surface area contributed by atoms with E-state index in [1.54, 1.807) is 30.3 Å². The van der Waals surface area contributed by atoms with Crippen LogP contribution < -0.4 is 0 Å². The van der Waals surface area contributed by atoms with E-state index in [-0.39, 0.29) is 22.4 Å². The van der Waals surface area contributed by atoms with Gasteiger partial charge in [0.05, 0.1) is 18.6 Å². The molecule has 0 spiro atoms. The molecule has 0 amide bonds. The summed E-state index contributed by atoms with van der Waals surface area (Å²) in [6, 6.07) is 10.9. The van der Waals surface area contributed by atoms with E-state index in [2.05, 4.69) is 14.7 Å². The fraction of sp³-hybridized carbons (Fsp3) is 0.211. The van der Waals surface area contributed by atoms with E-state index >= 15 is 0 Å². The third-order valence-corrected chi connectivity index (χ3v) is 4.60. The van der Waals surface area contributed by atoms with Crippen molar-refractivity contribution in [2.75, 3.05) is 7.11 Å². The maximum atomic E-state index is 13.3. The number of aromatic nitrogens is 2. The predicted octanol–water partition coefficient (Wildman–Crippen LogP) is 5.14. The summed E-state index contributed by atoms with van der Waals surface area (Å²) in [5, 5.41) is -0.0404. The lowest BCUT2D eigenvalue weighted by Gasteiger charge is -2.10. The number of ether oxygens (including phenoxy) is 1. The summed E-state index contributed by atoms with van der Waals surface area (Å²) < 4.78 is 49.6. The molecule has 3 aromatic rings. The second kappa shape index (κ2) is 8.05. The fourth-order valence-corrected chi connectivity index (χ4v) is 3.06. The summed E-state index contributed by atoms with van der Waals surface area (Å²) in [7, 11) is 1.22. The van der Waals surface area contributed by atoms with E-state index in [1.807, 2.05) is 6.92 Å². The second-order valence-corrected chi connectivity index (χ2v) is 6.77. The highest BCUT2D eigenvalue weighted by molar-refractivity contribution is 7.98. The maximum absolute atomic E-state index is 13.3. The number of furan rings is 1. The summed E-state index contributed by atoms with van der Waals surface area (Å²) >= 11 is 0.980. The molecular formula is C19H15F3N2O3S. The molecule has 28 heavy (non-hydrogen) atoms. The van der Waals surface area contributed by atoms with Crippen LogP contribution in [0.25, 0.3) is 11.3 Å². The van der Waals surface area contributed by atoms with Crippen LogP contribution in [0.15, 0.2) is 52.0 Å². The van der Waals surface area contributed by atoms with Gasteiger partial charge in [0.25, 0.3) is 0 Å². The average molecular weight is 408 g/mol. The standard InChI is InChI=1S/C19H15F3N2O3S/c1-11-3-5-12(6-4-11)14-9-16(19(20,21)22)24-18(23-14)28-10-13-7-8-15(27-13)17(25)26-2/h3-9H,10H2,1-2H3. The molecule has 9 heteroatoms. The van der Waals surface area contributed by atoms with Crippen LogP contribution in [0.5, 0.6) is 0 Å². The summed E-state index contributed by atoms with van der Waals surface area (Å²) in [4.78, 5) is 19.3.